The summed E-state index contributed by atoms with van der Waals surface area (Å²) in [5.41, 5.74) is 0. The van der Waals surface area contributed by atoms with E-state index in [1.807, 2.05) is 6.92 Å². The van der Waals surface area contributed by atoms with Crippen LogP contribution in [-0.4, -0.2) is 18.2 Å². The fourth-order valence-electron chi connectivity index (χ4n) is 1.00. The first-order chi connectivity index (χ1) is 4.05. The van der Waals surface area contributed by atoms with Gasteiger partial charge in [0.2, 0.25) is 0 Å². The van der Waals surface area contributed by atoms with Crippen LogP contribution in [0.4, 0.5) is 0 Å². The number of hydrogen-bond acceptors (Lipinski definition) is 3. The van der Waals surface area contributed by atoms with Crippen LogP contribution in [0.5, 0.6) is 0 Å². The Morgan fingerprint density at radius 3 is 2.20 bits per heavy atom. The van der Waals surface area contributed by atoms with Crippen molar-refractivity contribution in [1.82, 2.24) is 0 Å². The van der Waals surface area contributed by atoms with Gasteiger partial charge in [-0.25, -0.2) is 8.42 Å². The van der Waals surface area contributed by atoms with Gasteiger partial charge in [-0.1, -0.05) is 13.3 Å². The maximum Gasteiger partial charge on any atom is 1.00 e. The summed E-state index contributed by atoms with van der Waals surface area (Å²) in [4.78, 5) is 0. The van der Waals surface area contributed by atoms with E-state index in [1.165, 1.54) is 0 Å². The molecule has 2 atom stereocenters. The molecule has 54 valence electrons. The minimum Gasteiger partial charge on any atom is -0.748 e. The van der Waals surface area contributed by atoms with Crippen LogP contribution in [0, 0.1) is 5.92 Å². The molecule has 0 radical (unpaired) electrons. The summed E-state index contributed by atoms with van der Waals surface area (Å²) in [5.74, 6) is 0.160. The van der Waals surface area contributed by atoms with Crippen molar-refractivity contribution in [2.45, 2.75) is 25.0 Å². The van der Waals surface area contributed by atoms with E-state index < -0.39 is 15.4 Å². The van der Waals surface area contributed by atoms with Crippen molar-refractivity contribution in [2.75, 3.05) is 0 Å². The van der Waals surface area contributed by atoms with E-state index in [-0.39, 0.29) is 35.5 Å². The van der Waals surface area contributed by atoms with Gasteiger partial charge in [-0.3, -0.25) is 0 Å². The summed E-state index contributed by atoms with van der Waals surface area (Å²) in [6.45, 7) is 1.90. The van der Waals surface area contributed by atoms with Crippen molar-refractivity contribution in [3.05, 3.63) is 0 Å². The SMILES string of the molecule is CC[C@H]1C[C@H]1S(=O)(=O)[O-].[Na+]. The second-order valence-corrected chi connectivity index (χ2v) is 4.03. The molecule has 0 aromatic rings. The van der Waals surface area contributed by atoms with Crippen molar-refractivity contribution < 1.29 is 42.5 Å². The maximum absolute atomic E-state index is 10.2. The van der Waals surface area contributed by atoms with Crippen molar-refractivity contribution in [3.63, 3.8) is 0 Å². The van der Waals surface area contributed by atoms with E-state index in [4.69, 9.17) is 0 Å². The molecule has 0 aromatic heterocycles. The van der Waals surface area contributed by atoms with Crippen molar-refractivity contribution in [2.24, 2.45) is 5.92 Å². The van der Waals surface area contributed by atoms with Gasteiger partial charge in [0.15, 0.2) is 0 Å². The van der Waals surface area contributed by atoms with Gasteiger partial charge in [-0.15, -0.1) is 0 Å². The number of rotatable bonds is 2. The second kappa shape index (κ2) is 3.54. The Balaban J connectivity index is 0.000000810. The van der Waals surface area contributed by atoms with Crippen LogP contribution < -0.4 is 29.6 Å². The number of hydrogen-bond donors (Lipinski definition) is 0. The van der Waals surface area contributed by atoms with Crippen molar-refractivity contribution in [3.8, 4) is 0 Å². The minimum absolute atomic E-state index is 0. The molecule has 0 heterocycles. The molecule has 5 heteroatoms. The van der Waals surface area contributed by atoms with E-state index in [9.17, 15) is 13.0 Å². The quantitative estimate of drug-likeness (QED) is 0.337. The summed E-state index contributed by atoms with van der Waals surface area (Å²) >= 11 is 0. The van der Waals surface area contributed by atoms with E-state index in [0.717, 1.165) is 6.42 Å². The van der Waals surface area contributed by atoms with Gasteiger partial charge in [-0.2, -0.15) is 0 Å². The van der Waals surface area contributed by atoms with E-state index in [2.05, 4.69) is 0 Å². The molecule has 1 aliphatic rings. The predicted octanol–water partition coefficient (Wildman–Crippen LogP) is -2.67. The van der Waals surface area contributed by atoms with Crippen molar-refractivity contribution in [1.29, 1.82) is 0 Å². The zero-order chi connectivity index (χ0) is 7.07. The molecule has 0 N–H and O–H groups in total. The summed E-state index contributed by atoms with van der Waals surface area (Å²) in [6, 6.07) is 0. The van der Waals surface area contributed by atoms with Gasteiger partial charge < -0.3 is 4.55 Å². The molecular formula is C5H9NaO3S. The Hall–Kier alpha value is 0.910. The Labute approximate surface area is 83.2 Å². The van der Waals surface area contributed by atoms with Crippen LogP contribution in [0.15, 0.2) is 0 Å². The van der Waals surface area contributed by atoms with Crippen LogP contribution in [0.1, 0.15) is 19.8 Å². The molecule has 0 amide bonds. The Kier molecular flexibility index (Phi) is 3.86. The summed E-state index contributed by atoms with van der Waals surface area (Å²) in [7, 11) is -3.94. The normalized spacial score (nSPS) is 31.0. The average Bonchev–Trinajstić information content (AvgIpc) is 2.39. The zero-order valence-corrected chi connectivity index (χ0v) is 9.02. The van der Waals surface area contributed by atoms with E-state index in [1.54, 1.807) is 0 Å². The van der Waals surface area contributed by atoms with Crippen LogP contribution in [0.2, 0.25) is 0 Å². The molecule has 0 aromatic carbocycles. The predicted molar refractivity (Wildman–Crippen MR) is 31.9 cm³/mol. The monoisotopic (exact) mass is 172 g/mol. The van der Waals surface area contributed by atoms with Gasteiger partial charge in [0, 0.05) is 0 Å². The van der Waals surface area contributed by atoms with Crippen LogP contribution >= 0.6 is 0 Å². The van der Waals surface area contributed by atoms with E-state index in [0.29, 0.717) is 6.42 Å². The summed E-state index contributed by atoms with van der Waals surface area (Å²) in [5, 5.41) is -0.553. The molecule has 0 aliphatic heterocycles. The third-order valence-corrected chi connectivity index (χ3v) is 3.07. The van der Waals surface area contributed by atoms with Gasteiger partial charge in [-0.05, 0) is 12.3 Å². The first kappa shape index (κ1) is 10.9. The van der Waals surface area contributed by atoms with Crippen LogP contribution in [0.25, 0.3) is 0 Å². The molecule has 1 saturated carbocycles. The molecule has 3 nitrogen and oxygen atoms in total. The zero-order valence-electron chi connectivity index (χ0n) is 6.20. The third kappa shape index (κ3) is 2.51. The minimum atomic E-state index is -3.94. The maximum atomic E-state index is 10.2. The standard InChI is InChI=1S/C5H10O3S.Na/c1-2-4-3-5(4)9(6,7)8;/h4-5H,2-3H2,1H3,(H,6,7,8);/q;+1/p-1/t4-,5+;/m0./s1. The molecular weight excluding hydrogens is 163 g/mol. The fraction of sp³-hybridized carbons (Fsp3) is 1.00. The van der Waals surface area contributed by atoms with Gasteiger partial charge in [0.25, 0.3) is 0 Å². The van der Waals surface area contributed by atoms with E-state index >= 15 is 0 Å². The third-order valence-electron chi connectivity index (χ3n) is 1.75. The molecule has 10 heavy (non-hydrogen) atoms. The Morgan fingerprint density at radius 1 is 1.60 bits per heavy atom. The van der Waals surface area contributed by atoms with Gasteiger partial charge >= 0.3 is 29.6 Å². The Bertz CT molecular complexity index is 199. The average molecular weight is 172 g/mol. The first-order valence-corrected chi connectivity index (χ1v) is 4.47. The first-order valence-electron chi connectivity index (χ1n) is 3.00. The van der Waals surface area contributed by atoms with Crippen molar-refractivity contribution >= 4 is 10.1 Å². The van der Waals surface area contributed by atoms with Crippen LogP contribution in [-0.2, 0) is 10.1 Å². The smallest absolute Gasteiger partial charge is 0.748 e. The molecule has 0 spiro atoms. The molecule has 0 saturated heterocycles. The second-order valence-electron chi connectivity index (χ2n) is 2.44. The topological polar surface area (TPSA) is 57.2 Å². The van der Waals surface area contributed by atoms with Gasteiger partial charge in [0.1, 0.15) is 0 Å². The van der Waals surface area contributed by atoms with Crippen LogP contribution in [0.3, 0.4) is 0 Å². The largest absolute Gasteiger partial charge is 1.00 e. The molecule has 1 rings (SSSR count). The fourth-order valence-corrected chi connectivity index (χ4v) is 2.15. The molecule has 1 aliphatic carbocycles. The molecule has 0 unspecified atom stereocenters. The summed E-state index contributed by atoms with van der Waals surface area (Å²) < 4.78 is 30.6. The van der Waals surface area contributed by atoms with Gasteiger partial charge in [0.05, 0.1) is 15.4 Å². The Morgan fingerprint density at radius 2 is 2.10 bits per heavy atom. The summed E-state index contributed by atoms with van der Waals surface area (Å²) in [6.07, 6.45) is 1.40. The molecule has 1 fully saturated rings. The molecule has 0 bridgehead atoms.